The summed E-state index contributed by atoms with van der Waals surface area (Å²) in [7, 11) is 0. The number of hydrogen-bond acceptors (Lipinski definition) is 0. The highest BCUT2D eigenvalue weighted by molar-refractivity contribution is 5.17. The van der Waals surface area contributed by atoms with Gasteiger partial charge in [-0.25, -0.2) is 4.39 Å². The molecule has 0 aliphatic carbocycles. The number of nitrogens with two attached hydrogens (primary N) is 1. The van der Waals surface area contributed by atoms with Crippen LogP contribution in [0.4, 0.5) is 4.39 Å². The molecule has 1 nitrogen and oxygen atoms in total. The zero-order valence-corrected chi connectivity index (χ0v) is 9.51. The zero-order chi connectivity index (χ0) is 9.80. The lowest BCUT2D eigenvalue weighted by Gasteiger charge is -2.20. The minimum absolute atomic E-state index is 0. The third-order valence-electron chi connectivity index (χ3n) is 3.02. The first-order chi connectivity index (χ1) is 6.86. The second kappa shape index (κ2) is 6.09. The van der Waals surface area contributed by atoms with Gasteiger partial charge in [0.2, 0.25) is 0 Å². The summed E-state index contributed by atoms with van der Waals surface area (Å²) in [4.78, 5) is 0. The maximum atomic E-state index is 13.3. The van der Waals surface area contributed by atoms with Gasteiger partial charge in [-0.15, -0.1) is 0 Å². The van der Waals surface area contributed by atoms with Crippen molar-refractivity contribution in [2.75, 3.05) is 13.1 Å². The van der Waals surface area contributed by atoms with Gasteiger partial charge in [0.15, 0.2) is 0 Å². The van der Waals surface area contributed by atoms with E-state index in [4.69, 9.17) is 0 Å². The Morgan fingerprint density at radius 1 is 1.20 bits per heavy atom. The molecule has 1 heterocycles. The summed E-state index contributed by atoms with van der Waals surface area (Å²) < 4.78 is 13.3. The minimum atomic E-state index is -0.0398. The van der Waals surface area contributed by atoms with E-state index < -0.39 is 0 Å². The maximum absolute atomic E-state index is 13.3. The fourth-order valence-electron chi connectivity index (χ4n) is 2.17. The van der Waals surface area contributed by atoms with Crippen molar-refractivity contribution in [3.63, 3.8) is 0 Å². The third-order valence-corrected chi connectivity index (χ3v) is 3.02. The lowest BCUT2D eigenvalue weighted by Crippen LogP contribution is -3.00. The Kier molecular flexibility index (Phi) is 5.06. The minimum Gasteiger partial charge on any atom is -1.00 e. The van der Waals surface area contributed by atoms with Gasteiger partial charge in [0.25, 0.3) is 0 Å². The van der Waals surface area contributed by atoms with Gasteiger partial charge in [-0.2, -0.15) is 0 Å². The Morgan fingerprint density at radius 3 is 2.53 bits per heavy atom. The van der Waals surface area contributed by atoms with Crippen LogP contribution < -0.4 is 17.7 Å². The van der Waals surface area contributed by atoms with Crippen molar-refractivity contribution in [2.24, 2.45) is 5.92 Å². The van der Waals surface area contributed by atoms with Gasteiger partial charge in [-0.05, 0) is 36.8 Å². The predicted molar refractivity (Wildman–Crippen MR) is 54.5 cm³/mol. The van der Waals surface area contributed by atoms with Crippen LogP contribution in [0, 0.1) is 11.7 Å². The van der Waals surface area contributed by atoms with E-state index in [9.17, 15) is 4.39 Å². The van der Waals surface area contributed by atoms with Crippen LogP contribution in [0.15, 0.2) is 24.3 Å². The zero-order valence-electron chi connectivity index (χ0n) is 8.76. The average molecular weight is 230 g/mol. The van der Waals surface area contributed by atoms with Gasteiger partial charge in [0.05, 0.1) is 13.1 Å². The van der Waals surface area contributed by atoms with Crippen molar-refractivity contribution in [3.8, 4) is 0 Å². The SMILES string of the molecule is Fc1ccccc1CC1CC[NH2+]CC1.[Cl-]. The molecule has 0 bridgehead atoms. The predicted octanol–water partition coefficient (Wildman–Crippen LogP) is -1.65. The molecule has 84 valence electrons. The van der Waals surface area contributed by atoms with Gasteiger partial charge >= 0.3 is 0 Å². The van der Waals surface area contributed by atoms with E-state index >= 15 is 0 Å². The Bertz CT molecular complexity index is 297. The summed E-state index contributed by atoms with van der Waals surface area (Å²) in [5.41, 5.74) is 0.888. The van der Waals surface area contributed by atoms with Crippen LogP contribution in [-0.4, -0.2) is 13.1 Å². The van der Waals surface area contributed by atoms with Gasteiger partial charge in [-0.1, -0.05) is 18.2 Å². The van der Waals surface area contributed by atoms with Crippen molar-refractivity contribution in [1.82, 2.24) is 0 Å². The number of rotatable bonds is 2. The average Bonchev–Trinajstić information content (AvgIpc) is 2.23. The second-order valence-electron chi connectivity index (χ2n) is 4.10. The molecule has 1 saturated heterocycles. The van der Waals surface area contributed by atoms with Crippen LogP contribution in [0.5, 0.6) is 0 Å². The molecule has 1 aliphatic rings. The van der Waals surface area contributed by atoms with Crippen molar-refractivity contribution in [1.29, 1.82) is 0 Å². The van der Waals surface area contributed by atoms with Gasteiger partial charge in [0.1, 0.15) is 5.82 Å². The second-order valence-corrected chi connectivity index (χ2v) is 4.10. The van der Waals surface area contributed by atoms with Crippen LogP contribution in [0.3, 0.4) is 0 Å². The van der Waals surface area contributed by atoms with E-state index in [0.29, 0.717) is 5.92 Å². The van der Waals surface area contributed by atoms with Gasteiger partial charge < -0.3 is 17.7 Å². The molecule has 0 radical (unpaired) electrons. The fraction of sp³-hybridized carbons (Fsp3) is 0.500. The molecule has 15 heavy (non-hydrogen) atoms. The van der Waals surface area contributed by atoms with Crippen molar-refractivity contribution in [3.05, 3.63) is 35.6 Å². The highest BCUT2D eigenvalue weighted by Gasteiger charge is 2.16. The first-order valence-electron chi connectivity index (χ1n) is 5.41. The summed E-state index contributed by atoms with van der Waals surface area (Å²) in [6.45, 7) is 2.41. The quantitative estimate of drug-likeness (QED) is 0.626. The van der Waals surface area contributed by atoms with Crippen LogP contribution in [0.2, 0.25) is 0 Å². The summed E-state index contributed by atoms with van der Waals surface area (Å²) in [5, 5.41) is 2.35. The Balaban J connectivity index is 0.00000112. The van der Waals surface area contributed by atoms with Gasteiger partial charge in [-0.3, -0.25) is 0 Å². The Morgan fingerprint density at radius 2 is 1.87 bits per heavy atom. The standard InChI is InChI=1S/C12H16FN.ClH/c13-12-4-2-1-3-11(12)9-10-5-7-14-8-6-10;/h1-4,10,14H,5-9H2;1H. The highest BCUT2D eigenvalue weighted by atomic mass is 35.5. The molecular formula is C12H17ClFN. The topological polar surface area (TPSA) is 16.6 Å². The molecule has 1 aromatic rings. The van der Waals surface area contributed by atoms with Crippen LogP contribution in [0.25, 0.3) is 0 Å². The monoisotopic (exact) mass is 229 g/mol. The Hall–Kier alpha value is -0.600. The first-order valence-corrected chi connectivity index (χ1v) is 5.41. The lowest BCUT2D eigenvalue weighted by atomic mass is 9.91. The lowest BCUT2D eigenvalue weighted by molar-refractivity contribution is -0.664. The van der Waals surface area contributed by atoms with E-state index in [1.54, 1.807) is 12.1 Å². The van der Waals surface area contributed by atoms with Crippen LogP contribution in [-0.2, 0) is 6.42 Å². The van der Waals surface area contributed by atoms with Crippen molar-refractivity contribution < 1.29 is 22.1 Å². The summed E-state index contributed by atoms with van der Waals surface area (Å²) in [6, 6.07) is 7.15. The molecular weight excluding hydrogens is 213 g/mol. The molecule has 2 N–H and O–H groups in total. The number of hydrogen-bond donors (Lipinski definition) is 1. The number of quaternary nitrogens is 1. The normalized spacial score (nSPS) is 17.1. The van der Waals surface area contributed by atoms with E-state index in [2.05, 4.69) is 5.32 Å². The molecule has 1 fully saturated rings. The molecule has 0 unspecified atom stereocenters. The molecule has 0 aromatic heterocycles. The van der Waals surface area contributed by atoms with E-state index in [0.717, 1.165) is 12.0 Å². The summed E-state index contributed by atoms with van der Waals surface area (Å²) >= 11 is 0. The summed E-state index contributed by atoms with van der Waals surface area (Å²) in [6.07, 6.45) is 3.38. The van der Waals surface area contributed by atoms with E-state index in [-0.39, 0.29) is 18.2 Å². The molecule has 0 spiro atoms. The van der Waals surface area contributed by atoms with E-state index in [1.807, 2.05) is 12.1 Å². The molecule has 0 amide bonds. The number of benzene rings is 1. The molecule has 1 aliphatic heterocycles. The molecule has 3 heteroatoms. The third kappa shape index (κ3) is 3.47. The van der Waals surface area contributed by atoms with Crippen molar-refractivity contribution >= 4 is 0 Å². The molecule has 0 atom stereocenters. The first kappa shape index (κ1) is 12.5. The van der Waals surface area contributed by atoms with Crippen molar-refractivity contribution in [2.45, 2.75) is 19.3 Å². The summed E-state index contributed by atoms with van der Waals surface area (Å²) in [5.74, 6) is 0.652. The highest BCUT2D eigenvalue weighted by Crippen LogP contribution is 2.18. The molecule has 1 aromatic carbocycles. The van der Waals surface area contributed by atoms with Crippen LogP contribution >= 0.6 is 0 Å². The fourth-order valence-corrected chi connectivity index (χ4v) is 2.17. The Labute approximate surface area is 96.5 Å². The number of piperidine rings is 1. The van der Waals surface area contributed by atoms with Gasteiger partial charge in [0, 0.05) is 0 Å². The number of halogens is 2. The molecule has 2 rings (SSSR count). The largest absolute Gasteiger partial charge is 1.00 e. The maximum Gasteiger partial charge on any atom is 0.126 e. The smallest absolute Gasteiger partial charge is 0.126 e. The molecule has 0 saturated carbocycles. The van der Waals surface area contributed by atoms with E-state index in [1.165, 1.54) is 25.9 Å². The van der Waals surface area contributed by atoms with Crippen LogP contribution in [0.1, 0.15) is 18.4 Å².